The predicted octanol–water partition coefficient (Wildman–Crippen LogP) is 12.0. The Hall–Kier alpha value is -4.36. The Kier molecular flexibility index (Phi) is 7.84. The molecule has 0 fully saturated rings. The molecule has 1 heteroatoms. The minimum atomic E-state index is 0.0465. The van der Waals surface area contributed by atoms with Crippen molar-refractivity contribution in [1.82, 2.24) is 0 Å². The summed E-state index contributed by atoms with van der Waals surface area (Å²) in [5.74, 6) is 0.368. The molecule has 2 unspecified atom stereocenters. The largest absolute Gasteiger partial charge is 0.333 e. The van der Waals surface area contributed by atoms with Crippen LogP contribution in [-0.2, 0) is 10.8 Å². The van der Waals surface area contributed by atoms with Crippen LogP contribution in [-0.4, -0.2) is 6.04 Å². The van der Waals surface area contributed by atoms with Crippen LogP contribution >= 0.6 is 0 Å². The van der Waals surface area contributed by atoms with Gasteiger partial charge in [0.15, 0.2) is 0 Å². The number of benzene rings is 5. The molecule has 0 amide bonds. The molecule has 6 rings (SSSR count). The van der Waals surface area contributed by atoms with E-state index < -0.39 is 0 Å². The van der Waals surface area contributed by atoms with Crippen LogP contribution in [0.15, 0.2) is 133 Å². The number of para-hydroxylation sites is 2. The zero-order valence-corrected chi connectivity index (χ0v) is 27.3. The molecule has 0 spiro atoms. The van der Waals surface area contributed by atoms with Gasteiger partial charge in [-0.05, 0) is 73.5 Å². The first-order chi connectivity index (χ1) is 21.0. The average Bonchev–Trinajstić information content (AvgIpc) is 3.01. The predicted molar refractivity (Wildman–Crippen MR) is 192 cm³/mol. The number of rotatable bonds is 5. The van der Waals surface area contributed by atoms with Crippen molar-refractivity contribution in [1.29, 1.82) is 0 Å². The zero-order chi connectivity index (χ0) is 31.1. The normalized spacial score (nSPS) is 16.8. The van der Waals surface area contributed by atoms with Crippen molar-refractivity contribution in [3.8, 4) is 22.3 Å². The lowest BCUT2D eigenvalue weighted by Gasteiger charge is -2.37. The van der Waals surface area contributed by atoms with E-state index in [4.69, 9.17) is 0 Å². The first-order valence-electron chi connectivity index (χ1n) is 16.0. The molecule has 1 nitrogen and oxygen atoms in total. The van der Waals surface area contributed by atoms with Gasteiger partial charge in [-0.2, -0.15) is 0 Å². The lowest BCUT2D eigenvalue weighted by molar-refractivity contribution is 0.569. The van der Waals surface area contributed by atoms with Crippen molar-refractivity contribution in [2.45, 2.75) is 65.3 Å². The van der Waals surface area contributed by atoms with Crippen molar-refractivity contribution < 1.29 is 0 Å². The number of hydrogen-bond acceptors (Lipinski definition) is 1. The lowest BCUT2D eigenvalue weighted by atomic mass is 9.78. The number of allylic oxidation sites excluding steroid dienone is 2. The van der Waals surface area contributed by atoms with Crippen LogP contribution in [0, 0.1) is 5.92 Å². The van der Waals surface area contributed by atoms with Gasteiger partial charge in [-0.3, -0.25) is 0 Å². The minimum absolute atomic E-state index is 0.0465. The maximum atomic E-state index is 2.53. The van der Waals surface area contributed by atoms with E-state index in [0.29, 0.717) is 5.92 Å². The van der Waals surface area contributed by atoms with E-state index in [1.807, 2.05) is 0 Å². The molecule has 0 heterocycles. The third-order valence-corrected chi connectivity index (χ3v) is 9.04. The lowest BCUT2D eigenvalue weighted by Crippen LogP contribution is -2.35. The summed E-state index contributed by atoms with van der Waals surface area (Å²) in [6, 6.07) is 40.8. The molecule has 1 aliphatic carbocycles. The second-order valence-electron chi connectivity index (χ2n) is 14.4. The highest BCUT2D eigenvalue weighted by atomic mass is 15.2. The van der Waals surface area contributed by atoms with Gasteiger partial charge in [0.1, 0.15) is 0 Å². The molecule has 0 saturated heterocycles. The van der Waals surface area contributed by atoms with Gasteiger partial charge >= 0.3 is 0 Å². The molecule has 0 N–H and O–H groups in total. The summed E-state index contributed by atoms with van der Waals surface area (Å²) in [6.45, 7) is 16.2. The van der Waals surface area contributed by atoms with Crippen molar-refractivity contribution >= 4 is 22.1 Å². The molecule has 0 aromatic heterocycles. The molecule has 1 aliphatic rings. The van der Waals surface area contributed by atoms with E-state index in [1.54, 1.807) is 0 Å². The fraction of sp³-hybridized carbons (Fsp3) is 0.256. The van der Waals surface area contributed by atoms with Gasteiger partial charge in [0, 0.05) is 16.9 Å². The van der Waals surface area contributed by atoms with Crippen molar-refractivity contribution in [2.75, 3.05) is 4.90 Å². The summed E-state index contributed by atoms with van der Waals surface area (Å²) >= 11 is 0. The molecule has 222 valence electrons. The SMILES string of the molecule is CC1C=CC=CC1N(c1ccccc1)c1ccccc1-c1cccc2cccc(-c3cc(C(C)(C)C)cc(C(C)(C)C)c3)c12. The van der Waals surface area contributed by atoms with Gasteiger partial charge < -0.3 is 4.90 Å². The molecule has 0 bridgehead atoms. The molecule has 0 saturated carbocycles. The standard InChI is InChI=1S/C43H45N/c1-30-17-11-13-25-39(30)44(35-20-9-8-10-21-35)40-26-14-12-22-37(40)38-24-16-19-31-18-15-23-36(41(31)38)32-27-33(42(2,3)4)29-34(28-32)43(5,6)7/h8-30,39H,1-7H3. The molecule has 0 radical (unpaired) electrons. The van der Waals surface area contributed by atoms with E-state index in [2.05, 4.69) is 187 Å². The van der Waals surface area contributed by atoms with Crippen LogP contribution < -0.4 is 4.90 Å². The van der Waals surface area contributed by atoms with Gasteiger partial charge in [-0.1, -0.05) is 164 Å². The molecular formula is C43H45N. The van der Waals surface area contributed by atoms with Crippen molar-refractivity contribution in [2.24, 2.45) is 5.92 Å². The molecule has 44 heavy (non-hydrogen) atoms. The Bertz CT molecular complexity index is 1810. The summed E-state index contributed by atoms with van der Waals surface area (Å²) in [6.07, 6.45) is 9.02. The second-order valence-corrected chi connectivity index (χ2v) is 14.4. The third kappa shape index (κ3) is 5.76. The minimum Gasteiger partial charge on any atom is -0.333 e. The summed E-state index contributed by atoms with van der Waals surface area (Å²) in [7, 11) is 0. The van der Waals surface area contributed by atoms with Crippen LogP contribution in [0.1, 0.15) is 59.6 Å². The Balaban J connectivity index is 1.62. The number of nitrogens with zero attached hydrogens (tertiary/aromatic N) is 1. The van der Waals surface area contributed by atoms with Crippen LogP contribution in [0.25, 0.3) is 33.0 Å². The topological polar surface area (TPSA) is 3.24 Å². The highest BCUT2D eigenvalue weighted by Crippen LogP contribution is 2.44. The zero-order valence-electron chi connectivity index (χ0n) is 27.3. The molecular weight excluding hydrogens is 530 g/mol. The Morgan fingerprint density at radius 2 is 1.11 bits per heavy atom. The summed E-state index contributed by atoms with van der Waals surface area (Å²) in [5, 5.41) is 2.56. The van der Waals surface area contributed by atoms with E-state index in [1.165, 1.54) is 55.5 Å². The molecule has 5 aromatic carbocycles. The number of fused-ring (bicyclic) bond motifs is 1. The maximum Gasteiger partial charge on any atom is 0.0585 e. The number of hydrogen-bond donors (Lipinski definition) is 0. The molecule has 5 aromatic rings. The third-order valence-electron chi connectivity index (χ3n) is 9.04. The maximum absolute atomic E-state index is 2.53. The summed E-state index contributed by atoms with van der Waals surface area (Å²) in [5.41, 5.74) is 10.3. The van der Waals surface area contributed by atoms with E-state index in [0.717, 1.165) is 0 Å². The van der Waals surface area contributed by atoms with Crippen molar-refractivity contribution in [3.05, 3.63) is 145 Å². The van der Waals surface area contributed by atoms with E-state index >= 15 is 0 Å². The van der Waals surface area contributed by atoms with Crippen LogP contribution in [0.4, 0.5) is 11.4 Å². The quantitative estimate of drug-likeness (QED) is 0.201. The van der Waals surface area contributed by atoms with Gasteiger partial charge in [-0.25, -0.2) is 0 Å². The Morgan fingerprint density at radius 1 is 0.545 bits per heavy atom. The molecule has 0 aliphatic heterocycles. The number of anilines is 2. The smallest absolute Gasteiger partial charge is 0.0585 e. The monoisotopic (exact) mass is 575 g/mol. The second kappa shape index (κ2) is 11.6. The van der Waals surface area contributed by atoms with Crippen LogP contribution in [0.3, 0.4) is 0 Å². The van der Waals surface area contributed by atoms with Gasteiger partial charge in [-0.15, -0.1) is 0 Å². The van der Waals surface area contributed by atoms with Gasteiger partial charge in [0.05, 0.1) is 6.04 Å². The van der Waals surface area contributed by atoms with Crippen LogP contribution in [0.2, 0.25) is 0 Å². The fourth-order valence-electron chi connectivity index (χ4n) is 6.45. The molecule has 2 atom stereocenters. The van der Waals surface area contributed by atoms with Gasteiger partial charge in [0.25, 0.3) is 0 Å². The highest BCUT2D eigenvalue weighted by molar-refractivity contribution is 6.08. The average molecular weight is 576 g/mol. The van der Waals surface area contributed by atoms with Crippen molar-refractivity contribution in [3.63, 3.8) is 0 Å². The van der Waals surface area contributed by atoms with Gasteiger partial charge in [0.2, 0.25) is 0 Å². The highest BCUT2D eigenvalue weighted by Gasteiger charge is 2.27. The first kappa shape index (κ1) is 29.7. The first-order valence-corrected chi connectivity index (χ1v) is 16.0. The van der Waals surface area contributed by atoms with E-state index in [-0.39, 0.29) is 16.9 Å². The fourth-order valence-corrected chi connectivity index (χ4v) is 6.45. The summed E-state index contributed by atoms with van der Waals surface area (Å²) < 4.78 is 0. The van der Waals surface area contributed by atoms with Crippen LogP contribution in [0.5, 0.6) is 0 Å². The summed E-state index contributed by atoms with van der Waals surface area (Å²) in [4.78, 5) is 2.53. The Labute approximate surface area is 264 Å². The Morgan fingerprint density at radius 3 is 1.75 bits per heavy atom. The van der Waals surface area contributed by atoms with E-state index in [9.17, 15) is 0 Å².